The molecule has 0 heterocycles. The number of ether oxygens (including phenoxy) is 2. The predicted octanol–water partition coefficient (Wildman–Crippen LogP) is 7.75. The zero-order chi connectivity index (χ0) is 19.3. The van der Waals surface area contributed by atoms with Crippen molar-refractivity contribution in [1.82, 2.24) is 0 Å². The molecule has 2 heteroatoms. The number of rotatable bonds is 13. The average molecular weight is 381 g/mol. The summed E-state index contributed by atoms with van der Waals surface area (Å²) >= 11 is 0. The Morgan fingerprint density at radius 3 is 1.74 bits per heavy atom. The van der Waals surface area contributed by atoms with Crippen LogP contribution in [0.1, 0.15) is 117 Å². The van der Waals surface area contributed by atoms with E-state index in [4.69, 9.17) is 9.47 Å². The van der Waals surface area contributed by atoms with Crippen LogP contribution in [0.5, 0.6) is 0 Å². The molecular formula is C25H48O2. The lowest BCUT2D eigenvalue weighted by atomic mass is 9.68. The summed E-state index contributed by atoms with van der Waals surface area (Å²) in [6.07, 6.45) is 22.7. The molecule has 2 fully saturated rings. The third kappa shape index (κ3) is 8.86. The molecule has 2 nitrogen and oxygen atoms in total. The molecule has 0 aliphatic heterocycles. The van der Waals surface area contributed by atoms with Crippen LogP contribution in [-0.4, -0.2) is 20.0 Å². The molecule has 0 bridgehead atoms. The molecule has 0 radical (unpaired) electrons. The van der Waals surface area contributed by atoms with Crippen molar-refractivity contribution in [3.8, 4) is 0 Å². The van der Waals surface area contributed by atoms with Crippen molar-refractivity contribution in [3.05, 3.63) is 0 Å². The van der Waals surface area contributed by atoms with Gasteiger partial charge in [-0.15, -0.1) is 0 Å². The maximum atomic E-state index is 5.74. The van der Waals surface area contributed by atoms with Gasteiger partial charge in [0.2, 0.25) is 0 Å². The van der Waals surface area contributed by atoms with Crippen molar-refractivity contribution in [2.45, 2.75) is 123 Å². The van der Waals surface area contributed by atoms with Gasteiger partial charge in [-0.1, -0.05) is 71.6 Å². The molecule has 2 aliphatic rings. The molecule has 0 amide bonds. The fraction of sp³-hybridized carbons (Fsp3) is 1.00. The van der Waals surface area contributed by atoms with E-state index in [1.165, 1.54) is 89.9 Å². The fourth-order valence-electron chi connectivity index (χ4n) is 5.67. The summed E-state index contributed by atoms with van der Waals surface area (Å²) in [7, 11) is 1.78. The molecule has 0 saturated heterocycles. The average Bonchev–Trinajstić information content (AvgIpc) is 2.72. The number of methoxy groups -OCH3 is 1. The van der Waals surface area contributed by atoms with Crippen LogP contribution in [0.2, 0.25) is 0 Å². The Labute approximate surface area is 170 Å². The Morgan fingerprint density at radius 1 is 0.704 bits per heavy atom. The van der Waals surface area contributed by atoms with Gasteiger partial charge in [0.1, 0.15) is 0 Å². The molecule has 0 N–H and O–H groups in total. The van der Waals surface area contributed by atoms with Crippen molar-refractivity contribution < 1.29 is 9.47 Å². The first-order valence-electron chi connectivity index (χ1n) is 12.4. The molecule has 2 rings (SSSR count). The molecular weight excluding hydrogens is 332 g/mol. The van der Waals surface area contributed by atoms with Gasteiger partial charge in [-0.25, -0.2) is 0 Å². The summed E-state index contributed by atoms with van der Waals surface area (Å²) in [4.78, 5) is 0. The van der Waals surface area contributed by atoms with Crippen molar-refractivity contribution >= 4 is 0 Å². The molecule has 0 spiro atoms. The van der Waals surface area contributed by atoms with Crippen LogP contribution < -0.4 is 0 Å². The third-order valence-electron chi connectivity index (χ3n) is 7.49. The largest absolute Gasteiger partial charge is 0.356 e. The first-order chi connectivity index (χ1) is 13.3. The van der Waals surface area contributed by atoms with Crippen molar-refractivity contribution in [3.63, 3.8) is 0 Å². The van der Waals surface area contributed by atoms with Gasteiger partial charge in [-0.3, -0.25) is 0 Å². The lowest BCUT2D eigenvalue weighted by molar-refractivity contribution is -0.128. The van der Waals surface area contributed by atoms with Crippen LogP contribution >= 0.6 is 0 Å². The Morgan fingerprint density at radius 2 is 1.26 bits per heavy atom. The number of hydrogen-bond acceptors (Lipinski definition) is 2. The van der Waals surface area contributed by atoms with E-state index in [9.17, 15) is 0 Å². The van der Waals surface area contributed by atoms with Crippen LogP contribution in [0, 0.1) is 23.7 Å². The van der Waals surface area contributed by atoms with Gasteiger partial charge in [0.15, 0.2) is 6.29 Å². The predicted molar refractivity (Wildman–Crippen MR) is 116 cm³/mol. The van der Waals surface area contributed by atoms with Gasteiger partial charge in [0, 0.05) is 13.7 Å². The Kier molecular flexibility index (Phi) is 12.0. The summed E-state index contributed by atoms with van der Waals surface area (Å²) in [5, 5.41) is 0. The van der Waals surface area contributed by atoms with Crippen LogP contribution in [0.4, 0.5) is 0 Å². The van der Waals surface area contributed by atoms with Gasteiger partial charge in [0.25, 0.3) is 0 Å². The molecule has 0 aromatic rings. The summed E-state index contributed by atoms with van der Waals surface area (Å²) in [6.45, 7) is 5.30. The molecule has 1 unspecified atom stereocenters. The van der Waals surface area contributed by atoms with Crippen LogP contribution in [0.15, 0.2) is 0 Å². The van der Waals surface area contributed by atoms with Gasteiger partial charge in [-0.2, -0.15) is 0 Å². The second kappa shape index (κ2) is 14.0. The lowest BCUT2D eigenvalue weighted by Gasteiger charge is -2.38. The monoisotopic (exact) mass is 380 g/mol. The van der Waals surface area contributed by atoms with Gasteiger partial charge >= 0.3 is 0 Å². The number of hydrogen-bond donors (Lipinski definition) is 0. The van der Waals surface area contributed by atoms with Gasteiger partial charge in [0.05, 0.1) is 0 Å². The third-order valence-corrected chi connectivity index (χ3v) is 7.49. The standard InChI is InChI=1S/C25H48O2/c1-4-6-7-9-21-12-16-23(17-13-21)24-18-14-22(15-19-24)10-8-11-25(26-3)27-20-5-2/h21-25H,4-20H2,1-3H3. The molecule has 27 heavy (non-hydrogen) atoms. The molecule has 0 aromatic heterocycles. The van der Waals surface area contributed by atoms with Crippen LogP contribution in [0.25, 0.3) is 0 Å². The minimum Gasteiger partial charge on any atom is -0.356 e. The molecule has 2 saturated carbocycles. The summed E-state index contributed by atoms with van der Waals surface area (Å²) < 4.78 is 11.2. The van der Waals surface area contributed by atoms with E-state index in [2.05, 4.69) is 13.8 Å². The second-order valence-electron chi connectivity index (χ2n) is 9.52. The van der Waals surface area contributed by atoms with E-state index in [1.54, 1.807) is 7.11 Å². The number of unbranched alkanes of at least 4 members (excludes halogenated alkanes) is 2. The summed E-state index contributed by atoms with van der Waals surface area (Å²) in [6, 6.07) is 0. The zero-order valence-electron chi connectivity index (χ0n) is 18.7. The normalized spacial score (nSPS) is 30.3. The second-order valence-corrected chi connectivity index (χ2v) is 9.52. The maximum absolute atomic E-state index is 5.74. The Balaban J connectivity index is 1.55. The van der Waals surface area contributed by atoms with Gasteiger partial charge < -0.3 is 9.47 Å². The minimum atomic E-state index is 0.0220. The van der Waals surface area contributed by atoms with E-state index < -0.39 is 0 Å². The SMILES string of the molecule is CCCCCC1CCC(C2CCC(CCCC(OC)OCCC)CC2)CC1. The smallest absolute Gasteiger partial charge is 0.157 e. The zero-order valence-corrected chi connectivity index (χ0v) is 18.7. The quantitative estimate of drug-likeness (QED) is 0.240. The highest BCUT2D eigenvalue weighted by Crippen LogP contribution is 2.43. The van der Waals surface area contributed by atoms with Crippen LogP contribution in [-0.2, 0) is 9.47 Å². The van der Waals surface area contributed by atoms with E-state index in [0.717, 1.165) is 43.1 Å². The first kappa shape index (κ1) is 23.2. The van der Waals surface area contributed by atoms with Crippen molar-refractivity contribution in [2.75, 3.05) is 13.7 Å². The molecule has 0 aromatic carbocycles. The highest BCUT2D eigenvalue weighted by atomic mass is 16.7. The molecule has 160 valence electrons. The fourth-order valence-corrected chi connectivity index (χ4v) is 5.67. The van der Waals surface area contributed by atoms with E-state index in [1.807, 2.05) is 0 Å². The topological polar surface area (TPSA) is 18.5 Å². The highest BCUT2D eigenvalue weighted by molar-refractivity contribution is 4.82. The van der Waals surface area contributed by atoms with Gasteiger partial charge in [-0.05, 0) is 68.6 Å². The van der Waals surface area contributed by atoms with E-state index in [0.29, 0.717) is 0 Å². The lowest BCUT2D eigenvalue weighted by Crippen LogP contribution is -2.26. The van der Waals surface area contributed by atoms with Crippen molar-refractivity contribution in [1.29, 1.82) is 0 Å². The maximum Gasteiger partial charge on any atom is 0.157 e. The minimum absolute atomic E-state index is 0.0220. The summed E-state index contributed by atoms with van der Waals surface area (Å²) in [5.41, 5.74) is 0. The molecule has 2 aliphatic carbocycles. The Hall–Kier alpha value is -0.0800. The first-order valence-corrected chi connectivity index (χ1v) is 12.4. The van der Waals surface area contributed by atoms with Crippen molar-refractivity contribution in [2.24, 2.45) is 23.7 Å². The Bertz CT molecular complexity index is 340. The van der Waals surface area contributed by atoms with Crippen LogP contribution in [0.3, 0.4) is 0 Å². The highest BCUT2D eigenvalue weighted by Gasteiger charge is 2.30. The molecule has 1 atom stereocenters. The van der Waals surface area contributed by atoms with E-state index >= 15 is 0 Å². The van der Waals surface area contributed by atoms with E-state index in [-0.39, 0.29) is 6.29 Å². The summed E-state index contributed by atoms with van der Waals surface area (Å²) in [5.74, 6) is 4.15.